The normalized spacial score (nSPS) is 12.3. The summed E-state index contributed by atoms with van der Waals surface area (Å²) in [4.78, 5) is 3.91. The molecule has 2 heterocycles. The van der Waals surface area contributed by atoms with E-state index in [-0.39, 0.29) is 0 Å². The second-order valence-corrected chi connectivity index (χ2v) is 6.28. The average Bonchev–Trinajstić information content (AvgIpc) is 2.94. The van der Waals surface area contributed by atoms with E-state index in [4.69, 9.17) is 5.26 Å². The maximum absolute atomic E-state index is 8.75. The third-order valence-corrected chi connectivity index (χ3v) is 4.67. The van der Waals surface area contributed by atoms with Crippen LogP contribution in [0.2, 0.25) is 0 Å². The summed E-state index contributed by atoms with van der Waals surface area (Å²) in [7, 11) is 0. The highest BCUT2D eigenvalue weighted by Gasteiger charge is 2.07. The van der Waals surface area contributed by atoms with Crippen LogP contribution in [0.1, 0.15) is 33.2 Å². The lowest BCUT2D eigenvalue weighted by Gasteiger charge is -2.10. The van der Waals surface area contributed by atoms with Crippen molar-refractivity contribution in [1.82, 2.24) is 5.32 Å². The summed E-state index contributed by atoms with van der Waals surface area (Å²) in [6.07, 6.45) is 0. The lowest BCUT2D eigenvalue weighted by molar-refractivity contribution is 0.587. The van der Waals surface area contributed by atoms with Crippen molar-refractivity contribution >= 4 is 22.7 Å². The number of nitrogens with one attached hydrogen (secondary N) is 1. The van der Waals surface area contributed by atoms with Gasteiger partial charge >= 0.3 is 0 Å². The van der Waals surface area contributed by atoms with Crippen molar-refractivity contribution in [2.24, 2.45) is 0 Å². The van der Waals surface area contributed by atoms with Gasteiger partial charge in [-0.3, -0.25) is 0 Å². The summed E-state index contributed by atoms with van der Waals surface area (Å²) < 4.78 is 0. The first-order valence-corrected chi connectivity index (χ1v) is 7.16. The standard InChI is InChI=1S/C13H14N2S2/c1-9-3-4-13(17-9)10(2)15-7-12-5-11(6-14)8-16-12/h3-5,8,10,15H,7H2,1-2H3. The van der Waals surface area contributed by atoms with Crippen LogP contribution in [0, 0.1) is 18.3 Å². The fourth-order valence-electron chi connectivity index (χ4n) is 1.57. The lowest BCUT2D eigenvalue weighted by atomic mass is 10.2. The largest absolute Gasteiger partial charge is 0.305 e. The Bertz CT molecular complexity index is 534. The topological polar surface area (TPSA) is 35.8 Å². The van der Waals surface area contributed by atoms with Crippen molar-refractivity contribution in [3.8, 4) is 6.07 Å². The zero-order chi connectivity index (χ0) is 12.3. The molecule has 2 aromatic rings. The predicted octanol–water partition coefficient (Wildman–Crippen LogP) is 3.84. The third-order valence-electron chi connectivity index (χ3n) is 2.55. The van der Waals surface area contributed by atoms with Crippen molar-refractivity contribution in [3.05, 3.63) is 43.8 Å². The smallest absolute Gasteiger partial charge is 0.100 e. The fourth-order valence-corrected chi connectivity index (χ4v) is 3.24. The van der Waals surface area contributed by atoms with Crippen LogP contribution in [0.3, 0.4) is 0 Å². The van der Waals surface area contributed by atoms with Gasteiger partial charge in [0.15, 0.2) is 0 Å². The maximum Gasteiger partial charge on any atom is 0.100 e. The van der Waals surface area contributed by atoms with Gasteiger partial charge < -0.3 is 5.32 Å². The zero-order valence-electron chi connectivity index (χ0n) is 9.86. The molecule has 0 radical (unpaired) electrons. The van der Waals surface area contributed by atoms with Crippen LogP contribution in [0.25, 0.3) is 0 Å². The minimum absolute atomic E-state index is 0.362. The highest BCUT2D eigenvalue weighted by Crippen LogP contribution is 2.23. The van der Waals surface area contributed by atoms with E-state index < -0.39 is 0 Å². The molecule has 2 rings (SSSR count). The molecule has 0 aliphatic carbocycles. The van der Waals surface area contributed by atoms with Gasteiger partial charge in [0.2, 0.25) is 0 Å². The summed E-state index contributed by atoms with van der Waals surface area (Å²) >= 11 is 3.46. The molecule has 1 unspecified atom stereocenters. The van der Waals surface area contributed by atoms with Gasteiger partial charge in [0.1, 0.15) is 6.07 Å². The SMILES string of the molecule is Cc1ccc(C(C)NCc2cc(C#N)cs2)s1. The fraction of sp³-hybridized carbons (Fsp3) is 0.308. The Morgan fingerprint density at radius 3 is 2.88 bits per heavy atom. The van der Waals surface area contributed by atoms with E-state index in [0.717, 1.165) is 12.1 Å². The molecule has 0 aliphatic rings. The molecule has 0 fully saturated rings. The molecule has 0 bridgehead atoms. The Hall–Kier alpha value is -1.15. The Balaban J connectivity index is 1.92. The molecule has 1 N–H and O–H groups in total. The minimum Gasteiger partial charge on any atom is -0.305 e. The first-order valence-electron chi connectivity index (χ1n) is 5.46. The number of aryl methyl sites for hydroxylation is 1. The van der Waals surface area contributed by atoms with Gasteiger partial charge in [0.25, 0.3) is 0 Å². The van der Waals surface area contributed by atoms with Gasteiger partial charge in [-0.2, -0.15) is 5.26 Å². The summed E-state index contributed by atoms with van der Waals surface area (Å²) in [6, 6.07) is 8.79. The van der Waals surface area contributed by atoms with E-state index in [1.165, 1.54) is 14.6 Å². The third kappa shape index (κ3) is 3.16. The van der Waals surface area contributed by atoms with Gasteiger partial charge in [-0.15, -0.1) is 22.7 Å². The predicted molar refractivity (Wildman–Crippen MR) is 73.3 cm³/mol. The van der Waals surface area contributed by atoms with E-state index in [0.29, 0.717) is 6.04 Å². The zero-order valence-corrected chi connectivity index (χ0v) is 11.5. The van der Waals surface area contributed by atoms with Crippen LogP contribution in [0.15, 0.2) is 23.6 Å². The summed E-state index contributed by atoms with van der Waals surface area (Å²) in [6.45, 7) is 5.12. The molecule has 0 spiro atoms. The first-order chi connectivity index (χ1) is 8.19. The second kappa shape index (κ2) is 5.46. The molecule has 88 valence electrons. The Kier molecular flexibility index (Phi) is 3.95. The van der Waals surface area contributed by atoms with Gasteiger partial charge in [-0.05, 0) is 32.0 Å². The molecule has 2 nitrogen and oxygen atoms in total. The highest BCUT2D eigenvalue weighted by atomic mass is 32.1. The van der Waals surface area contributed by atoms with Gasteiger partial charge in [-0.25, -0.2) is 0 Å². The van der Waals surface area contributed by atoms with Crippen molar-refractivity contribution < 1.29 is 0 Å². The first kappa shape index (κ1) is 12.3. The van der Waals surface area contributed by atoms with Crippen LogP contribution >= 0.6 is 22.7 Å². The Morgan fingerprint density at radius 1 is 1.47 bits per heavy atom. The molecule has 4 heteroatoms. The molecular formula is C13H14N2S2. The second-order valence-electron chi connectivity index (χ2n) is 3.96. The van der Waals surface area contributed by atoms with Crippen LogP contribution in [0.5, 0.6) is 0 Å². The molecule has 2 aromatic heterocycles. The van der Waals surface area contributed by atoms with E-state index >= 15 is 0 Å². The minimum atomic E-state index is 0.362. The monoisotopic (exact) mass is 262 g/mol. The van der Waals surface area contributed by atoms with Gasteiger partial charge in [0.05, 0.1) is 5.56 Å². The maximum atomic E-state index is 8.75. The van der Waals surface area contributed by atoms with Crippen molar-refractivity contribution in [2.45, 2.75) is 26.4 Å². The number of hydrogen-bond acceptors (Lipinski definition) is 4. The molecule has 0 aliphatic heterocycles. The summed E-state index contributed by atoms with van der Waals surface area (Å²) in [5.41, 5.74) is 0.756. The van der Waals surface area contributed by atoms with E-state index in [2.05, 4.69) is 37.4 Å². The number of hydrogen-bond donors (Lipinski definition) is 1. The van der Waals surface area contributed by atoms with Crippen LogP contribution in [-0.2, 0) is 6.54 Å². The van der Waals surface area contributed by atoms with Crippen LogP contribution in [-0.4, -0.2) is 0 Å². The number of thiophene rings is 2. The molecule has 0 saturated heterocycles. The van der Waals surface area contributed by atoms with Crippen LogP contribution in [0.4, 0.5) is 0 Å². The van der Waals surface area contributed by atoms with E-state index in [9.17, 15) is 0 Å². The number of nitrogens with zero attached hydrogens (tertiary/aromatic N) is 1. The quantitative estimate of drug-likeness (QED) is 0.908. The van der Waals surface area contributed by atoms with Crippen LogP contribution < -0.4 is 5.32 Å². The average molecular weight is 262 g/mol. The van der Waals surface area contributed by atoms with E-state index in [1.807, 2.05) is 22.8 Å². The van der Waals surface area contributed by atoms with E-state index in [1.54, 1.807) is 11.3 Å². The van der Waals surface area contributed by atoms with Gasteiger partial charge in [0, 0.05) is 32.6 Å². The molecule has 1 atom stereocenters. The Labute approximate surface area is 110 Å². The Morgan fingerprint density at radius 2 is 2.29 bits per heavy atom. The molecule has 17 heavy (non-hydrogen) atoms. The molecule has 0 aromatic carbocycles. The van der Waals surface area contributed by atoms with Crippen molar-refractivity contribution in [2.75, 3.05) is 0 Å². The molecule has 0 amide bonds. The van der Waals surface area contributed by atoms with Gasteiger partial charge in [-0.1, -0.05) is 0 Å². The molecular weight excluding hydrogens is 248 g/mol. The lowest BCUT2D eigenvalue weighted by Crippen LogP contribution is -2.16. The molecule has 0 saturated carbocycles. The number of rotatable bonds is 4. The highest BCUT2D eigenvalue weighted by molar-refractivity contribution is 7.12. The van der Waals surface area contributed by atoms with Crippen molar-refractivity contribution in [1.29, 1.82) is 5.26 Å². The summed E-state index contributed by atoms with van der Waals surface area (Å²) in [5, 5.41) is 14.1. The van der Waals surface area contributed by atoms with Crippen molar-refractivity contribution in [3.63, 3.8) is 0 Å². The summed E-state index contributed by atoms with van der Waals surface area (Å²) in [5.74, 6) is 0. The number of nitriles is 1.